The van der Waals surface area contributed by atoms with Gasteiger partial charge in [0, 0.05) is 32.1 Å². The number of aryl methyl sites for hydroxylation is 2. The van der Waals surface area contributed by atoms with E-state index >= 15 is 0 Å². The first-order valence-corrected chi connectivity index (χ1v) is 11.2. The number of carbonyl (C=O) groups excluding carboxylic acids is 2. The maximum Gasteiger partial charge on any atom is 0.226 e. The van der Waals surface area contributed by atoms with Crippen molar-refractivity contribution in [3.63, 3.8) is 0 Å². The van der Waals surface area contributed by atoms with Gasteiger partial charge in [-0.05, 0) is 57.2 Å². The second kappa shape index (κ2) is 9.54. The third-order valence-corrected chi connectivity index (χ3v) is 6.46. The van der Waals surface area contributed by atoms with E-state index in [9.17, 15) is 9.59 Å². The van der Waals surface area contributed by atoms with Gasteiger partial charge < -0.3 is 19.1 Å². The minimum atomic E-state index is 0.0799. The average Bonchev–Trinajstić information content (AvgIpc) is 3.43. The van der Waals surface area contributed by atoms with E-state index in [2.05, 4.69) is 5.16 Å². The SMILES string of the molecule is Cc1noc(C)c1COc1ccc(CC(=O)N2CCC(C(=O)N3CCCC3)CC2)cc1. The van der Waals surface area contributed by atoms with E-state index < -0.39 is 0 Å². The molecular formula is C24H31N3O4. The summed E-state index contributed by atoms with van der Waals surface area (Å²) in [6, 6.07) is 7.65. The summed E-state index contributed by atoms with van der Waals surface area (Å²) in [5.41, 5.74) is 2.77. The van der Waals surface area contributed by atoms with Crippen LogP contribution in [0.2, 0.25) is 0 Å². The predicted molar refractivity (Wildman–Crippen MR) is 116 cm³/mol. The van der Waals surface area contributed by atoms with Gasteiger partial charge in [0.05, 0.1) is 17.7 Å². The molecule has 7 nitrogen and oxygen atoms in total. The highest BCUT2D eigenvalue weighted by molar-refractivity contribution is 5.81. The number of likely N-dealkylation sites (tertiary alicyclic amines) is 2. The molecule has 3 heterocycles. The number of hydrogen-bond donors (Lipinski definition) is 0. The maximum absolute atomic E-state index is 12.7. The van der Waals surface area contributed by atoms with Crippen molar-refractivity contribution in [3.8, 4) is 5.75 Å². The number of benzene rings is 1. The molecule has 2 aliphatic rings. The van der Waals surface area contributed by atoms with Gasteiger partial charge in [0.2, 0.25) is 11.8 Å². The highest BCUT2D eigenvalue weighted by Crippen LogP contribution is 2.23. The summed E-state index contributed by atoms with van der Waals surface area (Å²) in [5, 5.41) is 3.94. The lowest BCUT2D eigenvalue weighted by Gasteiger charge is -2.33. The average molecular weight is 426 g/mol. The third kappa shape index (κ3) is 5.09. The molecule has 4 rings (SSSR count). The second-order valence-electron chi connectivity index (χ2n) is 8.60. The lowest BCUT2D eigenvalue weighted by atomic mass is 9.95. The summed E-state index contributed by atoms with van der Waals surface area (Å²) >= 11 is 0. The Kier molecular flexibility index (Phi) is 6.59. The van der Waals surface area contributed by atoms with Crippen molar-refractivity contribution in [2.24, 2.45) is 5.92 Å². The molecule has 0 N–H and O–H groups in total. The summed E-state index contributed by atoms with van der Waals surface area (Å²) in [7, 11) is 0. The molecule has 2 amide bonds. The van der Waals surface area contributed by atoms with E-state index in [0.717, 1.165) is 67.1 Å². The van der Waals surface area contributed by atoms with Crippen molar-refractivity contribution in [2.45, 2.75) is 52.6 Å². The first kappa shape index (κ1) is 21.4. The number of nitrogens with zero attached hydrogens (tertiary/aromatic N) is 3. The largest absolute Gasteiger partial charge is 0.489 e. The molecule has 0 saturated carbocycles. The molecule has 0 bridgehead atoms. The van der Waals surface area contributed by atoms with E-state index in [1.54, 1.807) is 0 Å². The number of ether oxygens (including phenoxy) is 1. The van der Waals surface area contributed by atoms with E-state index in [1.807, 2.05) is 47.9 Å². The van der Waals surface area contributed by atoms with Crippen LogP contribution in [0.15, 0.2) is 28.8 Å². The second-order valence-corrected chi connectivity index (χ2v) is 8.60. The molecule has 2 saturated heterocycles. The third-order valence-electron chi connectivity index (χ3n) is 6.46. The number of rotatable bonds is 6. The molecule has 1 aromatic heterocycles. The zero-order valence-corrected chi connectivity index (χ0v) is 18.4. The van der Waals surface area contributed by atoms with E-state index in [4.69, 9.17) is 9.26 Å². The van der Waals surface area contributed by atoms with Crippen molar-refractivity contribution in [1.82, 2.24) is 15.0 Å². The Morgan fingerprint density at radius 2 is 1.71 bits per heavy atom. The van der Waals surface area contributed by atoms with Crippen LogP contribution in [-0.4, -0.2) is 52.9 Å². The highest BCUT2D eigenvalue weighted by Gasteiger charge is 2.31. The summed E-state index contributed by atoms with van der Waals surface area (Å²) in [6.07, 6.45) is 4.15. The van der Waals surface area contributed by atoms with Crippen LogP contribution in [0, 0.1) is 19.8 Å². The Hall–Kier alpha value is -2.83. The van der Waals surface area contributed by atoms with Crippen LogP contribution in [0.25, 0.3) is 0 Å². The molecule has 1 aromatic carbocycles. The Morgan fingerprint density at radius 1 is 1.03 bits per heavy atom. The van der Waals surface area contributed by atoms with E-state index in [1.165, 1.54) is 0 Å². The van der Waals surface area contributed by atoms with E-state index in [-0.39, 0.29) is 17.7 Å². The normalized spacial score (nSPS) is 17.2. The topological polar surface area (TPSA) is 75.9 Å². The number of amides is 2. The van der Waals surface area contributed by atoms with Crippen LogP contribution in [0.1, 0.15) is 48.3 Å². The van der Waals surface area contributed by atoms with Crippen molar-refractivity contribution in [3.05, 3.63) is 46.8 Å². The van der Waals surface area contributed by atoms with Gasteiger partial charge in [-0.3, -0.25) is 9.59 Å². The van der Waals surface area contributed by atoms with Gasteiger partial charge in [-0.25, -0.2) is 0 Å². The number of hydrogen-bond acceptors (Lipinski definition) is 5. The smallest absolute Gasteiger partial charge is 0.226 e. The van der Waals surface area contributed by atoms with Gasteiger partial charge >= 0.3 is 0 Å². The zero-order valence-electron chi connectivity index (χ0n) is 18.4. The summed E-state index contributed by atoms with van der Waals surface area (Å²) in [5.74, 6) is 2.01. The van der Waals surface area contributed by atoms with Crippen LogP contribution in [0.4, 0.5) is 0 Å². The monoisotopic (exact) mass is 425 g/mol. The molecule has 0 unspecified atom stereocenters. The lowest BCUT2D eigenvalue weighted by molar-refractivity contribution is -0.139. The molecule has 166 valence electrons. The fraction of sp³-hybridized carbons (Fsp3) is 0.542. The van der Waals surface area contributed by atoms with Gasteiger partial charge in [-0.1, -0.05) is 17.3 Å². The quantitative estimate of drug-likeness (QED) is 0.710. The van der Waals surface area contributed by atoms with Crippen LogP contribution in [0.3, 0.4) is 0 Å². The van der Waals surface area contributed by atoms with Crippen molar-refractivity contribution in [2.75, 3.05) is 26.2 Å². The van der Waals surface area contributed by atoms with Crippen LogP contribution in [-0.2, 0) is 22.6 Å². The first-order valence-electron chi connectivity index (χ1n) is 11.2. The standard InChI is InChI=1S/C24H31N3O4/c1-17-22(18(2)31-25-17)16-30-21-7-5-19(6-8-21)15-23(28)26-13-9-20(10-14-26)24(29)27-11-3-4-12-27/h5-8,20H,3-4,9-16H2,1-2H3. The Labute approximate surface area is 183 Å². The predicted octanol–water partition coefficient (Wildman–Crippen LogP) is 3.27. The summed E-state index contributed by atoms with van der Waals surface area (Å²) in [4.78, 5) is 29.2. The summed E-state index contributed by atoms with van der Waals surface area (Å²) in [6.45, 7) is 7.31. The van der Waals surface area contributed by atoms with Gasteiger partial charge in [-0.2, -0.15) is 0 Å². The molecule has 2 aliphatic heterocycles. The molecule has 0 aliphatic carbocycles. The maximum atomic E-state index is 12.7. The highest BCUT2D eigenvalue weighted by atomic mass is 16.5. The van der Waals surface area contributed by atoms with Crippen molar-refractivity contribution >= 4 is 11.8 Å². The lowest BCUT2D eigenvalue weighted by Crippen LogP contribution is -2.44. The number of piperidine rings is 1. The van der Waals surface area contributed by atoms with Crippen LogP contribution in [0.5, 0.6) is 5.75 Å². The number of aromatic nitrogens is 1. The minimum Gasteiger partial charge on any atom is -0.489 e. The van der Waals surface area contributed by atoms with Gasteiger partial charge in [0.15, 0.2) is 0 Å². The van der Waals surface area contributed by atoms with Crippen LogP contribution >= 0.6 is 0 Å². The fourth-order valence-corrected chi connectivity index (χ4v) is 4.42. The Bertz CT molecular complexity index is 888. The molecule has 2 aromatic rings. The molecule has 0 spiro atoms. The zero-order chi connectivity index (χ0) is 21.8. The van der Waals surface area contributed by atoms with Gasteiger partial charge in [0.25, 0.3) is 0 Å². The van der Waals surface area contributed by atoms with E-state index in [0.29, 0.717) is 26.1 Å². The molecule has 31 heavy (non-hydrogen) atoms. The van der Waals surface area contributed by atoms with Crippen molar-refractivity contribution < 1.29 is 18.8 Å². The summed E-state index contributed by atoms with van der Waals surface area (Å²) < 4.78 is 11.0. The van der Waals surface area contributed by atoms with Crippen molar-refractivity contribution in [1.29, 1.82) is 0 Å². The Balaban J connectivity index is 1.24. The Morgan fingerprint density at radius 3 is 2.32 bits per heavy atom. The first-order chi connectivity index (χ1) is 15.0. The molecular weight excluding hydrogens is 394 g/mol. The van der Waals surface area contributed by atoms with Gasteiger partial charge in [0.1, 0.15) is 18.1 Å². The number of carbonyl (C=O) groups is 2. The minimum absolute atomic E-state index is 0.0799. The van der Waals surface area contributed by atoms with Crippen LogP contribution < -0.4 is 4.74 Å². The molecule has 2 fully saturated rings. The molecule has 0 radical (unpaired) electrons. The fourth-order valence-electron chi connectivity index (χ4n) is 4.42. The molecule has 7 heteroatoms. The molecule has 0 atom stereocenters. The van der Waals surface area contributed by atoms with Gasteiger partial charge in [-0.15, -0.1) is 0 Å².